The SMILES string of the molecule is Clc1ccc(CNCC2CCCCO2)c(Cl)c1. The van der Waals surface area contributed by atoms with Crippen molar-refractivity contribution in [2.75, 3.05) is 13.2 Å². The Kier molecular flexibility index (Phi) is 5.11. The minimum atomic E-state index is 0.356. The predicted molar refractivity (Wildman–Crippen MR) is 71.8 cm³/mol. The van der Waals surface area contributed by atoms with Crippen molar-refractivity contribution in [2.45, 2.75) is 31.9 Å². The lowest BCUT2D eigenvalue weighted by Gasteiger charge is -2.22. The third-order valence-corrected chi connectivity index (χ3v) is 3.56. The topological polar surface area (TPSA) is 21.3 Å². The van der Waals surface area contributed by atoms with Gasteiger partial charge in [0.05, 0.1) is 6.10 Å². The molecule has 0 amide bonds. The third kappa shape index (κ3) is 4.14. The van der Waals surface area contributed by atoms with Crippen LogP contribution in [0.5, 0.6) is 0 Å². The van der Waals surface area contributed by atoms with Gasteiger partial charge in [-0.1, -0.05) is 29.3 Å². The molecule has 0 aliphatic carbocycles. The second-order valence-electron chi connectivity index (χ2n) is 4.36. The Morgan fingerprint density at radius 2 is 2.18 bits per heavy atom. The molecule has 2 nitrogen and oxygen atoms in total. The molecule has 0 spiro atoms. The molecule has 2 rings (SSSR count). The largest absolute Gasteiger partial charge is 0.377 e. The van der Waals surface area contributed by atoms with Crippen LogP contribution in [0.2, 0.25) is 10.0 Å². The maximum Gasteiger partial charge on any atom is 0.0699 e. The van der Waals surface area contributed by atoms with E-state index >= 15 is 0 Å². The summed E-state index contributed by atoms with van der Waals surface area (Å²) in [4.78, 5) is 0. The number of ether oxygens (including phenoxy) is 1. The molecule has 1 aliphatic rings. The van der Waals surface area contributed by atoms with E-state index < -0.39 is 0 Å². The monoisotopic (exact) mass is 273 g/mol. The smallest absolute Gasteiger partial charge is 0.0699 e. The van der Waals surface area contributed by atoms with Crippen LogP contribution in [0, 0.1) is 0 Å². The fraction of sp³-hybridized carbons (Fsp3) is 0.538. The third-order valence-electron chi connectivity index (χ3n) is 2.98. The molecule has 94 valence electrons. The summed E-state index contributed by atoms with van der Waals surface area (Å²) < 4.78 is 5.65. The number of rotatable bonds is 4. The van der Waals surface area contributed by atoms with E-state index in [0.717, 1.165) is 36.7 Å². The van der Waals surface area contributed by atoms with Crippen LogP contribution in [0.15, 0.2) is 18.2 Å². The zero-order valence-corrected chi connectivity index (χ0v) is 11.2. The van der Waals surface area contributed by atoms with E-state index in [1.807, 2.05) is 12.1 Å². The van der Waals surface area contributed by atoms with Crippen molar-refractivity contribution in [2.24, 2.45) is 0 Å². The van der Waals surface area contributed by atoms with Crippen LogP contribution in [0.4, 0.5) is 0 Å². The van der Waals surface area contributed by atoms with Gasteiger partial charge in [-0.15, -0.1) is 0 Å². The minimum Gasteiger partial charge on any atom is -0.377 e. The molecule has 1 unspecified atom stereocenters. The van der Waals surface area contributed by atoms with E-state index in [-0.39, 0.29) is 0 Å². The maximum absolute atomic E-state index is 6.10. The van der Waals surface area contributed by atoms with E-state index in [1.165, 1.54) is 12.8 Å². The summed E-state index contributed by atoms with van der Waals surface area (Å²) in [6.45, 7) is 2.54. The van der Waals surface area contributed by atoms with E-state index in [9.17, 15) is 0 Å². The molecule has 1 fully saturated rings. The summed E-state index contributed by atoms with van der Waals surface area (Å²) in [6, 6.07) is 5.60. The van der Waals surface area contributed by atoms with Gasteiger partial charge >= 0.3 is 0 Å². The summed E-state index contributed by atoms with van der Waals surface area (Å²) in [6.07, 6.45) is 3.98. The number of benzene rings is 1. The highest BCUT2D eigenvalue weighted by Gasteiger charge is 2.13. The Balaban J connectivity index is 1.77. The standard InChI is InChI=1S/C13H17Cl2NO/c14-11-5-4-10(13(15)7-11)8-16-9-12-3-1-2-6-17-12/h4-5,7,12,16H,1-3,6,8-9H2. The zero-order valence-electron chi connectivity index (χ0n) is 9.72. The molecule has 17 heavy (non-hydrogen) atoms. The number of hydrogen-bond acceptors (Lipinski definition) is 2. The molecular weight excluding hydrogens is 257 g/mol. The highest BCUT2D eigenvalue weighted by molar-refractivity contribution is 6.35. The summed E-state index contributed by atoms with van der Waals surface area (Å²) in [5.74, 6) is 0. The van der Waals surface area contributed by atoms with Gasteiger partial charge in [0.1, 0.15) is 0 Å². The van der Waals surface area contributed by atoms with Crippen LogP contribution in [-0.4, -0.2) is 19.3 Å². The molecule has 1 heterocycles. The van der Waals surface area contributed by atoms with Crippen molar-refractivity contribution in [3.05, 3.63) is 33.8 Å². The van der Waals surface area contributed by atoms with Crippen LogP contribution in [0.3, 0.4) is 0 Å². The molecule has 1 atom stereocenters. The quantitative estimate of drug-likeness (QED) is 0.904. The first-order chi connectivity index (χ1) is 8.25. The van der Waals surface area contributed by atoms with Crippen LogP contribution in [0.1, 0.15) is 24.8 Å². The Hall–Kier alpha value is -0.280. The molecule has 0 radical (unpaired) electrons. The average molecular weight is 274 g/mol. The zero-order chi connectivity index (χ0) is 12.1. The molecule has 4 heteroatoms. The van der Waals surface area contributed by atoms with Gasteiger partial charge in [-0.25, -0.2) is 0 Å². The summed E-state index contributed by atoms with van der Waals surface area (Å²) in [5.41, 5.74) is 1.08. The fourth-order valence-electron chi connectivity index (χ4n) is 2.00. The van der Waals surface area contributed by atoms with Crippen LogP contribution >= 0.6 is 23.2 Å². The van der Waals surface area contributed by atoms with Crippen molar-refractivity contribution >= 4 is 23.2 Å². The normalized spacial score (nSPS) is 20.5. The summed E-state index contributed by atoms with van der Waals surface area (Å²) in [5, 5.41) is 4.77. The van der Waals surface area contributed by atoms with E-state index in [4.69, 9.17) is 27.9 Å². The predicted octanol–water partition coefficient (Wildman–Crippen LogP) is 3.65. The fourth-order valence-corrected chi connectivity index (χ4v) is 2.48. The van der Waals surface area contributed by atoms with Crippen molar-refractivity contribution in [1.82, 2.24) is 5.32 Å². The van der Waals surface area contributed by atoms with Crippen molar-refractivity contribution < 1.29 is 4.74 Å². The first-order valence-electron chi connectivity index (χ1n) is 6.02. The first kappa shape index (κ1) is 13.2. The molecule has 1 aliphatic heterocycles. The average Bonchev–Trinajstić information content (AvgIpc) is 2.33. The number of nitrogens with one attached hydrogen (secondary N) is 1. The molecule has 0 aromatic heterocycles. The highest BCUT2D eigenvalue weighted by Crippen LogP contribution is 2.20. The molecule has 1 aromatic carbocycles. The minimum absolute atomic E-state index is 0.356. The molecular formula is C13H17Cl2NO. The summed E-state index contributed by atoms with van der Waals surface area (Å²) in [7, 11) is 0. The lowest BCUT2D eigenvalue weighted by Crippen LogP contribution is -2.31. The Bertz CT molecular complexity index is 364. The number of hydrogen-bond donors (Lipinski definition) is 1. The van der Waals surface area contributed by atoms with Crippen LogP contribution < -0.4 is 5.32 Å². The van der Waals surface area contributed by atoms with E-state index in [2.05, 4.69) is 5.32 Å². The van der Waals surface area contributed by atoms with Gasteiger partial charge in [0, 0.05) is 29.7 Å². The van der Waals surface area contributed by atoms with Crippen molar-refractivity contribution in [1.29, 1.82) is 0 Å². The van der Waals surface area contributed by atoms with Gasteiger partial charge < -0.3 is 10.1 Å². The Morgan fingerprint density at radius 1 is 1.29 bits per heavy atom. The second-order valence-corrected chi connectivity index (χ2v) is 5.20. The molecule has 1 N–H and O–H groups in total. The summed E-state index contributed by atoms with van der Waals surface area (Å²) >= 11 is 11.9. The lowest BCUT2D eigenvalue weighted by molar-refractivity contribution is 0.0168. The first-order valence-corrected chi connectivity index (χ1v) is 6.77. The molecule has 1 aromatic rings. The highest BCUT2D eigenvalue weighted by atomic mass is 35.5. The van der Waals surface area contributed by atoms with E-state index in [1.54, 1.807) is 6.07 Å². The number of halogens is 2. The second kappa shape index (κ2) is 6.60. The van der Waals surface area contributed by atoms with Crippen molar-refractivity contribution in [3.63, 3.8) is 0 Å². The lowest BCUT2D eigenvalue weighted by atomic mass is 10.1. The van der Waals surface area contributed by atoms with Gasteiger partial charge in [0.2, 0.25) is 0 Å². The van der Waals surface area contributed by atoms with Gasteiger partial charge in [-0.05, 0) is 37.0 Å². The Labute approximate surface area is 112 Å². The van der Waals surface area contributed by atoms with Gasteiger partial charge in [-0.3, -0.25) is 0 Å². The maximum atomic E-state index is 6.10. The molecule has 1 saturated heterocycles. The van der Waals surface area contributed by atoms with Crippen LogP contribution in [0.25, 0.3) is 0 Å². The van der Waals surface area contributed by atoms with E-state index in [0.29, 0.717) is 11.1 Å². The van der Waals surface area contributed by atoms with Crippen molar-refractivity contribution in [3.8, 4) is 0 Å². The molecule has 0 bridgehead atoms. The Morgan fingerprint density at radius 3 is 2.88 bits per heavy atom. The van der Waals surface area contributed by atoms with Crippen LogP contribution in [-0.2, 0) is 11.3 Å². The molecule has 0 saturated carbocycles. The van der Waals surface area contributed by atoms with Gasteiger partial charge in [-0.2, -0.15) is 0 Å². The van der Waals surface area contributed by atoms with Gasteiger partial charge in [0.15, 0.2) is 0 Å². The van der Waals surface area contributed by atoms with Gasteiger partial charge in [0.25, 0.3) is 0 Å².